The van der Waals surface area contributed by atoms with E-state index >= 15 is 0 Å². The lowest BCUT2D eigenvalue weighted by atomic mass is 10.0. The van der Waals surface area contributed by atoms with Crippen LogP contribution in [0.1, 0.15) is 40.1 Å². The Hall–Kier alpha value is -2.82. The molecule has 5 heteroatoms. The fourth-order valence-electron chi connectivity index (χ4n) is 2.23. The van der Waals surface area contributed by atoms with Crippen molar-refractivity contribution in [3.63, 3.8) is 0 Å². The highest BCUT2D eigenvalue weighted by Crippen LogP contribution is 2.24. The van der Waals surface area contributed by atoms with Gasteiger partial charge < -0.3 is 14.6 Å². The number of aryl methyl sites for hydroxylation is 1. The van der Waals surface area contributed by atoms with Crippen LogP contribution in [0, 0.1) is 0 Å². The molecule has 0 spiro atoms. The first-order chi connectivity index (χ1) is 11.5. The van der Waals surface area contributed by atoms with Crippen molar-refractivity contribution in [2.24, 2.45) is 0 Å². The molecule has 0 heterocycles. The lowest BCUT2D eigenvalue weighted by Crippen LogP contribution is -2.24. The van der Waals surface area contributed by atoms with Crippen molar-refractivity contribution in [1.82, 2.24) is 0 Å². The molecule has 2 aromatic carbocycles. The third kappa shape index (κ3) is 3.93. The number of aromatic hydroxyl groups is 1. The highest BCUT2D eigenvalue weighted by molar-refractivity contribution is 6.01. The van der Waals surface area contributed by atoms with E-state index in [0.717, 1.165) is 12.0 Å². The first-order valence-electron chi connectivity index (χ1n) is 7.67. The normalized spacial score (nSPS) is 11.6. The van der Waals surface area contributed by atoms with E-state index in [2.05, 4.69) is 0 Å². The van der Waals surface area contributed by atoms with Crippen LogP contribution in [0.5, 0.6) is 11.5 Å². The largest absolute Gasteiger partial charge is 0.507 e. The monoisotopic (exact) mass is 328 g/mol. The molecule has 0 radical (unpaired) electrons. The number of carbonyl (C=O) groups excluding carboxylic acids is 2. The molecule has 0 fully saturated rings. The predicted molar refractivity (Wildman–Crippen MR) is 89.7 cm³/mol. The molecule has 1 unspecified atom stereocenters. The van der Waals surface area contributed by atoms with Crippen molar-refractivity contribution in [1.29, 1.82) is 0 Å². The number of phenolic OH excluding ortho intramolecular Hbond substituents is 1. The van der Waals surface area contributed by atoms with E-state index in [4.69, 9.17) is 9.47 Å². The summed E-state index contributed by atoms with van der Waals surface area (Å²) < 4.78 is 10.1. The Bertz CT molecular complexity index is 734. The van der Waals surface area contributed by atoms with Gasteiger partial charge in [0.05, 0.1) is 7.11 Å². The fourth-order valence-corrected chi connectivity index (χ4v) is 2.23. The summed E-state index contributed by atoms with van der Waals surface area (Å²) in [6.45, 7) is 3.54. The Morgan fingerprint density at radius 3 is 2.33 bits per heavy atom. The molecule has 1 atom stereocenters. The summed E-state index contributed by atoms with van der Waals surface area (Å²) in [7, 11) is 1.46. The van der Waals surface area contributed by atoms with E-state index in [-0.39, 0.29) is 17.1 Å². The zero-order chi connectivity index (χ0) is 17.7. The molecule has 0 amide bonds. The van der Waals surface area contributed by atoms with Crippen LogP contribution in [0.2, 0.25) is 0 Å². The van der Waals surface area contributed by atoms with Crippen molar-refractivity contribution in [3.05, 3.63) is 59.2 Å². The van der Waals surface area contributed by atoms with Crippen LogP contribution in [-0.2, 0) is 11.2 Å². The molecular weight excluding hydrogens is 308 g/mol. The minimum absolute atomic E-state index is 0.0169. The number of rotatable bonds is 6. The van der Waals surface area contributed by atoms with Gasteiger partial charge in [-0.25, -0.2) is 4.79 Å². The predicted octanol–water partition coefficient (Wildman–Crippen LogP) is 3.39. The van der Waals surface area contributed by atoms with Crippen molar-refractivity contribution in [3.8, 4) is 11.5 Å². The molecule has 0 aliphatic carbocycles. The number of hydrogen-bond acceptors (Lipinski definition) is 5. The van der Waals surface area contributed by atoms with E-state index in [9.17, 15) is 14.7 Å². The van der Waals surface area contributed by atoms with Gasteiger partial charge in [0.25, 0.3) is 0 Å². The van der Waals surface area contributed by atoms with Gasteiger partial charge in [-0.15, -0.1) is 0 Å². The van der Waals surface area contributed by atoms with Crippen molar-refractivity contribution in [2.75, 3.05) is 7.11 Å². The van der Waals surface area contributed by atoms with E-state index in [1.165, 1.54) is 32.2 Å². The summed E-state index contributed by atoms with van der Waals surface area (Å²) in [5, 5.41) is 9.85. The molecule has 1 N–H and O–H groups in total. The van der Waals surface area contributed by atoms with Crippen LogP contribution in [0.15, 0.2) is 42.5 Å². The molecule has 2 aromatic rings. The van der Waals surface area contributed by atoms with Gasteiger partial charge in [-0.1, -0.05) is 31.2 Å². The number of methoxy groups -OCH3 is 1. The van der Waals surface area contributed by atoms with Crippen LogP contribution < -0.4 is 4.74 Å². The molecule has 5 nitrogen and oxygen atoms in total. The topological polar surface area (TPSA) is 72.8 Å². The van der Waals surface area contributed by atoms with E-state index in [1.54, 1.807) is 12.1 Å². The molecule has 2 rings (SSSR count). The smallest absolute Gasteiger partial charge is 0.342 e. The Morgan fingerprint density at radius 1 is 1.12 bits per heavy atom. The fraction of sp³-hybridized carbons (Fsp3) is 0.263. The number of Topliss-reactive ketones (excluding diaryl/α,β-unsaturated/α-hetero) is 1. The minimum atomic E-state index is -0.952. The van der Waals surface area contributed by atoms with Gasteiger partial charge in [-0.3, -0.25) is 4.79 Å². The molecule has 0 saturated heterocycles. The number of ketones is 1. The van der Waals surface area contributed by atoms with Crippen molar-refractivity contribution in [2.45, 2.75) is 26.4 Å². The lowest BCUT2D eigenvalue weighted by Gasteiger charge is -2.13. The summed E-state index contributed by atoms with van der Waals surface area (Å²) in [5.41, 5.74) is 1.59. The van der Waals surface area contributed by atoms with Crippen molar-refractivity contribution < 1.29 is 24.2 Å². The quantitative estimate of drug-likeness (QED) is 0.650. The SMILES string of the molecule is CCc1ccc(C(=O)C(C)OC(=O)c2ccc(OC)cc2O)cc1. The Balaban J connectivity index is 2.08. The zero-order valence-electron chi connectivity index (χ0n) is 13.9. The van der Waals surface area contributed by atoms with Crippen molar-refractivity contribution >= 4 is 11.8 Å². The van der Waals surface area contributed by atoms with Crippen LogP contribution in [0.25, 0.3) is 0 Å². The highest BCUT2D eigenvalue weighted by atomic mass is 16.5. The number of hydrogen-bond donors (Lipinski definition) is 1. The minimum Gasteiger partial charge on any atom is -0.507 e. The molecular formula is C19H20O5. The average molecular weight is 328 g/mol. The Labute approximate surface area is 140 Å². The first kappa shape index (κ1) is 17.5. The van der Waals surface area contributed by atoms with Gasteiger partial charge in [0.1, 0.15) is 17.1 Å². The summed E-state index contributed by atoms with van der Waals surface area (Å²) >= 11 is 0. The third-order valence-corrected chi connectivity index (χ3v) is 3.72. The summed E-state index contributed by atoms with van der Waals surface area (Å²) in [6, 6.07) is 11.4. The molecule has 0 saturated carbocycles. The molecule has 0 aliphatic heterocycles. The Kier molecular flexibility index (Phi) is 5.58. The lowest BCUT2D eigenvalue weighted by molar-refractivity contribution is 0.0316. The average Bonchev–Trinajstić information content (AvgIpc) is 2.60. The third-order valence-electron chi connectivity index (χ3n) is 3.72. The molecule has 0 aliphatic rings. The van der Waals surface area contributed by atoms with Gasteiger partial charge in [-0.05, 0) is 31.0 Å². The number of phenols is 1. The molecule has 24 heavy (non-hydrogen) atoms. The first-order valence-corrected chi connectivity index (χ1v) is 7.67. The second kappa shape index (κ2) is 7.64. The number of benzene rings is 2. The van der Waals surface area contributed by atoms with Crippen LogP contribution >= 0.6 is 0 Å². The van der Waals surface area contributed by atoms with Gasteiger partial charge in [0.15, 0.2) is 6.10 Å². The highest BCUT2D eigenvalue weighted by Gasteiger charge is 2.22. The molecule has 0 aromatic heterocycles. The van der Waals surface area contributed by atoms with E-state index in [1.807, 2.05) is 19.1 Å². The standard InChI is InChI=1S/C19H20O5/c1-4-13-5-7-14(8-6-13)18(21)12(2)24-19(22)16-10-9-15(23-3)11-17(16)20/h5-12,20H,4H2,1-3H3. The molecule has 126 valence electrons. The maximum atomic E-state index is 12.3. The van der Waals surface area contributed by atoms with Crippen LogP contribution in [0.3, 0.4) is 0 Å². The molecule has 0 bridgehead atoms. The second-order valence-corrected chi connectivity index (χ2v) is 5.35. The maximum Gasteiger partial charge on any atom is 0.342 e. The van der Waals surface area contributed by atoms with E-state index in [0.29, 0.717) is 11.3 Å². The van der Waals surface area contributed by atoms with Gasteiger partial charge in [0, 0.05) is 11.6 Å². The van der Waals surface area contributed by atoms with Crippen LogP contribution in [-0.4, -0.2) is 30.1 Å². The Morgan fingerprint density at radius 2 is 1.79 bits per heavy atom. The number of ether oxygens (including phenoxy) is 2. The van der Waals surface area contributed by atoms with Gasteiger partial charge in [0.2, 0.25) is 5.78 Å². The second-order valence-electron chi connectivity index (χ2n) is 5.35. The number of esters is 1. The zero-order valence-corrected chi connectivity index (χ0v) is 13.9. The maximum absolute atomic E-state index is 12.3. The van der Waals surface area contributed by atoms with Gasteiger partial charge in [-0.2, -0.15) is 0 Å². The summed E-state index contributed by atoms with van der Waals surface area (Å²) in [6.07, 6.45) is -0.0677. The van der Waals surface area contributed by atoms with E-state index < -0.39 is 12.1 Å². The number of carbonyl (C=O) groups is 2. The van der Waals surface area contributed by atoms with Gasteiger partial charge >= 0.3 is 5.97 Å². The van der Waals surface area contributed by atoms with Crippen LogP contribution in [0.4, 0.5) is 0 Å². The summed E-state index contributed by atoms with van der Waals surface area (Å²) in [5.74, 6) is -0.893. The summed E-state index contributed by atoms with van der Waals surface area (Å²) in [4.78, 5) is 24.5.